The Morgan fingerprint density at radius 1 is 1.04 bits per heavy atom. The first-order chi connectivity index (χ1) is 12.1. The van der Waals surface area contributed by atoms with Crippen molar-refractivity contribution < 1.29 is 14.0 Å². The zero-order chi connectivity index (χ0) is 17.6. The molecule has 1 aliphatic heterocycles. The number of rotatable bonds is 2. The molecule has 1 unspecified atom stereocenters. The van der Waals surface area contributed by atoms with Gasteiger partial charge in [0.1, 0.15) is 5.76 Å². The maximum atomic E-state index is 13.1. The van der Waals surface area contributed by atoms with Crippen LogP contribution in [0.3, 0.4) is 0 Å². The normalized spacial score (nSPS) is 20.9. The molecule has 1 aromatic carbocycles. The van der Waals surface area contributed by atoms with E-state index < -0.39 is 0 Å². The molecular weight excluding hydrogens is 314 g/mol. The molecule has 1 aromatic heterocycles. The summed E-state index contributed by atoms with van der Waals surface area (Å²) in [6, 6.07) is 9.69. The number of anilines is 1. The Kier molecular flexibility index (Phi) is 3.83. The van der Waals surface area contributed by atoms with Crippen molar-refractivity contribution in [3.8, 4) is 0 Å². The number of allylic oxidation sites excluding steroid dienone is 2. The number of nitrogens with zero attached hydrogens (tertiary/aromatic N) is 1. The number of Topliss-reactive ketones (excluding diaryl/α,β-unsaturated/α-hetero) is 1. The second kappa shape index (κ2) is 6.03. The molecule has 0 radical (unpaired) electrons. The van der Waals surface area contributed by atoms with Crippen LogP contribution in [0.25, 0.3) is 0 Å². The van der Waals surface area contributed by atoms with E-state index in [1.165, 1.54) is 0 Å². The number of hydrogen-bond acceptors (Lipinski definition) is 3. The maximum Gasteiger partial charge on any atom is 0.232 e. The predicted molar refractivity (Wildman–Crippen MR) is 95.4 cm³/mol. The summed E-state index contributed by atoms with van der Waals surface area (Å²) >= 11 is 0. The van der Waals surface area contributed by atoms with E-state index in [0.717, 1.165) is 40.9 Å². The van der Waals surface area contributed by atoms with Crippen LogP contribution in [0.4, 0.5) is 5.69 Å². The predicted octanol–water partition coefficient (Wildman–Crippen LogP) is 4.42. The second-order valence-electron chi connectivity index (χ2n) is 6.88. The van der Waals surface area contributed by atoms with Crippen LogP contribution < -0.4 is 4.90 Å². The second-order valence-corrected chi connectivity index (χ2v) is 6.88. The van der Waals surface area contributed by atoms with Gasteiger partial charge in [0.25, 0.3) is 0 Å². The average Bonchev–Trinajstić information content (AvgIpc) is 3.10. The SMILES string of the molecule is Cc1cccc(C)c1N1C(=O)CC(c2ccco2)C2=C1CCCC2=O. The highest BCUT2D eigenvalue weighted by Crippen LogP contribution is 2.44. The highest BCUT2D eigenvalue weighted by molar-refractivity contribution is 6.08. The molecule has 2 aromatic rings. The molecule has 0 spiro atoms. The van der Waals surface area contributed by atoms with E-state index in [1.54, 1.807) is 11.2 Å². The van der Waals surface area contributed by atoms with Crippen molar-refractivity contribution in [2.75, 3.05) is 4.90 Å². The summed E-state index contributed by atoms with van der Waals surface area (Å²) in [7, 11) is 0. The standard InChI is InChI=1S/C21H21NO3/c1-13-6-3-7-14(2)21(13)22-16-8-4-9-17(23)20(16)15(12-19(22)24)18-10-5-11-25-18/h3,5-7,10-11,15H,4,8-9,12H2,1-2H3. The number of aryl methyl sites for hydroxylation is 2. The molecule has 0 N–H and O–H groups in total. The number of hydrogen-bond donors (Lipinski definition) is 0. The van der Waals surface area contributed by atoms with E-state index in [-0.39, 0.29) is 24.0 Å². The van der Waals surface area contributed by atoms with Gasteiger partial charge >= 0.3 is 0 Å². The van der Waals surface area contributed by atoms with Crippen LogP contribution in [0.1, 0.15) is 48.5 Å². The maximum absolute atomic E-state index is 13.1. The van der Waals surface area contributed by atoms with Crippen molar-refractivity contribution in [3.05, 3.63) is 64.8 Å². The lowest BCUT2D eigenvalue weighted by atomic mass is 9.79. The van der Waals surface area contributed by atoms with Gasteiger partial charge in [-0.15, -0.1) is 0 Å². The molecule has 25 heavy (non-hydrogen) atoms. The summed E-state index contributed by atoms with van der Waals surface area (Å²) < 4.78 is 5.55. The molecule has 4 heteroatoms. The lowest BCUT2D eigenvalue weighted by molar-refractivity contribution is -0.120. The van der Waals surface area contributed by atoms with Gasteiger partial charge in [0, 0.05) is 24.1 Å². The number of carbonyl (C=O) groups excluding carboxylic acids is 2. The fraction of sp³-hybridized carbons (Fsp3) is 0.333. The lowest BCUT2D eigenvalue weighted by Gasteiger charge is -2.38. The summed E-state index contributed by atoms with van der Waals surface area (Å²) in [6.07, 6.45) is 3.96. The third kappa shape index (κ3) is 2.53. The van der Waals surface area contributed by atoms with Gasteiger partial charge in [0.2, 0.25) is 5.91 Å². The molecule has 0 bridgehead atoms. The Bertz CT molecular complexity index is 856. The lowest BCUT2D eigenvalue weighted by Crippen LogP contribution is -2.41. The minimum atomic E-state index is -0.258. The van der Waals surface area contributed by atoms with Crippen molar-refractivity contribution in [1.82, 2.24) is 0 Å². The average molecular weight is 335 g/mol. The Morgan fingerprint density at radius 3 is 2.48 bits per heavy atom. The van der Waals surface area contributed by atoms with Crippen LogP contribution in [0.5, 0.6) is 0 Å². The Morgan fingerprint density at radius 2 is 1.80 bits per heavy atom. The summed E-state index contributed by atoms with van der Waals surface area (Å²) in [4.78, 5) is 27.7. The topological polar surface area (TPSA) is 50.5 Å². The first kappa shape index (κ1) is 15.9. The summed E-state index contributed by atoms with van der Waals surface area (Å²) in [5.41, 5.74) is 4.66. The van der Waals surface area contributed by atoms with Crippen LogP contribution >= 0.6 is 0 Å². The number of benzene rings is 1. The number of carbonyl (C=O) groups is 2. The molecule has 1 atom stereocenters. The number of para-hydroxylation sites is 1. The van der Waals surface area contributed by atoms with E-state index in [0.29, 0.717) is 12.2 Å². The summed E-state index contributed by atoms with van der Waals surface area (Å²) in [5.74, 6) is 0.627. The van der Waals surface area contributed by atoms with Crippen molar-refractivity contribution in [2.24, 2.45) is 0 Å². The molecule has 2 heterocycles. The zero-order valence-electron chi connectivity index (χ0n) is 14.5. The van der Waals surface area contributed by atoms with Gasteiger partial charge in [-0.2, -0.15) is 0 Å². The van der Waals surface area contributed by atoms with Crippen LogP contribution in [0.2, 0.25) is 0 Å². The molecule has 0 fully saturated rings. The monoisotopic (exact) mass is 335 g/mol. The summed E-state index contributed by atoms with van der Waals surface area (Å²) in [5, 5.41) is 0. The van der Waals surface area contributed by atoms with Gasteiger partial charge in [0.05, 0.1) is 17.9 Å². The molecular formula is C21H21NO3. The first-order valence-electron chi connectivity index (χ1n) is 8.76. The number of ketones is 1. The van der Waals surface area contributed by atoms with Gasteiger partial charge in [-0.1, -0.05) is 18.2 Å². The first-order valence-corrected chi connectivity index (χ1v) is 8.76. The molecule has 4 nitrogen and oxygen atoms in total. The third-order valence-corrected chi connectivity index (χ3v) is 5.22. The Labute approximate surface area is 147 Å². The van der Waals surface area contributed by atoms with Crippen molar-refractivity contribution >= 4 is 17.4 Å². The molecule has 1 amide bonds. The van der Waals surface area contributed by atoms with Gasteiger partial charge < -0.3 is 4.42 Å². The smallest absolute Gasteiger partial charge is 0.232 e. The van der Waals surface area contributed by atoms with Gasteiger partial charge in [0.15, 0.2) is 5.78 Å². The Hall–Kier alpha value is -2.62. The van der Waals surface area contributed by atoms with Crippen molar-refractivity contribution in [1.29, 1.82) is 0 Å². The molecule has 4 rings (SSSR count). The van der Waals surface area contributed by atoms with Crippen LogP contribution in [0.15, 0.2) is 52.3 Å². The van der Waals surface area contributed by atoms with Gasteiger partial charge in [-0.25, -0.2) is 0 Å². The summed E-state index contributed by atoms with van der Waals surface area (Å²) in [6.45, 7) is 4.03. The number of amides is 1. The molecule has 0 saturated carbocycles. The fourth-order valence-electron chi connectivity index (χ4n) is 4.14. The van der Waals surface area contributed by atoms with Crippen molar-refractivity contribution in [2.45, 2.75) is 45.4 Å². The third-order valence-electron chi connectivity index (χ3n) is 5.22. The van der Waals surface area contributed by atoms with Crippen LogP contribution in [0, 0.1) is 13.8 Å². The van der Waals surface area contributed by atoms with Crippen LogP contribution in [-0.2, 0) is 9.59 Å². The fourth-order valence-corrected chi connectivity index (χ4v) is 4.14. The van der Waals surface area contributed by atoms with E-state index in [2.05, 4.69) is 0 Å². The van der Waals surface area contributed by atoms with Crippen LogP contribution in [-0.4, -0.2) is 11.7 Å². The van der Waals surface area contributed by atoms with Gasteiger partial charge in [-0.3, -0.25) is 14.5 Å². The molecule has 0 saturated heterocycles. The quantitative estimate of drug-likeness (QED) is 0.816. The Balaban J connectivity index is 1.92. The molecule has 1 aliphatic carbocycles. The molecule has 128 valence electrons. The minimum absolute atomic E-state index is 0.0345. The van der Waals surface area contributed by atoms with E-state index >= 15 is 0 Å². The highest BCUT2D eigenvalue weighted by atomic mass is 16.3. The van der Waals surface area contributed by atoms with Crippen molar-refractivity contribution in [3.63, 3.8) is 0 Å². The zero-order valence-corrected chi connectivity index (χ0v) is 14.5. The molecule has 2 aliphatic rings. The van der Waals surface area contributed by atoms with E-state index in [1.807, 2.05) is 44.2 Å². The minimum Gasteiger partial charge on any atom is -0.469 e. The van der Waals surface area contributed by atoms with E-state index in [4.69, 9.17) is 4.42 Å². The van der Waals surface area contributed by atoms with E-state index in [9.17, 15) is 9.59 Å². The largest absolute Gasteiger partial charge is 0.469 e. The van der Waals surface area contributed by atoms with Gasteiger partial charge in [-0.05, 0) is 49.9 Å². The highest BCUT2D eigenvalue weighted by Gasteiger charge is 2.41. The number of furan rings is 1.